The van der Waals surface area contributed by atoms with Crippen LogP contribution in [-0.2, 0) is 19.9 Å². The zero-order valence-electron chi connectivity index (χ0n) is 11.8. The lowest BCUT2D eigenvalue weighted by Gasteiger charge is -2.31. The van der Waals surface area contributed by atoms with Gasteiger partial charge in [0.05, 0.1) is 9.79 Å². The summed E-state index contributed by atoms with van der Waals surface area (Å²) in [5.41, 5.74) is 0. The molecule has 0 radical (unpaired) electrons. The summed E-state index contributed by atoms with van der Waals surface area (Å²) in [6.07, 6.45) is 1.06. The highest BCUT2D eigenvalue weighted by Crippen LogP contribution is 2.28. The van der Waals surface area contributed by atoms with Gasteiger partial charge in [-0.25, -0.2) is 16.8 Å². The molecule has 0 atom stereocenters. The first kappa shape index (κ1) is 16.9. The first-order valence-corrected chi connectivity index (χ1v) is 10.4. The highest BCUT2D eigenvalue weighted by atomic mass is 79.9. The summed E-state index contributed by atoms with van der Waals surface area (Å²) in [4.78, 5) is 2.04. The van der Waals surface area contributed by atoms with Gasteiger partial charge in [-0.1, -0.05) is 0 Å². The summed E-state index contributed by atoms with van der Waals surface area (Å²) in [5.74, 6) is 0. The van der Waals surface area contributed by atoms with Crippen molar-refractivity contribution in [2.45, 2.75) is 9.79 Å². The fourth-order valence-corrected chi connectivity index (χ4v) is 5.17. The van der Waals surface area contributed by atoms with E-state index in [1.807, 2.05) is 11.9 Å². The molecule has 1 aromatic carbocycles. The zero-order valence-corrected chi connectivity index (χ0v) is 15.0. The maximum atomic E-state index is 12.7. The van der Waals surface area contributed by atoms with E-state index >= 15 is 0 Å². The van der Waals surface area contributed by atoms with E-state index in [0.29, 0.717) is 30.7 Å². The normalized spacial score (nSPS) is 18.8. The SMILES string of the molecule is CN1CCN(S(=O)(=O)c2cc(S(C)(=O)=O)ccc2Br)CC1. The van der Waals surface area contributed by atoms with E-state index in [4.69, 9.17) is 0 Å². The van der Waals surface area contributed by atoms with E-state index in [1.165, 1.54) is 22.5 Å². The number of rotatable bonds is 3. The number of piperazine rings is 1. The minimum absolute atomic E-state index is 0.00148. The van der Waals surface area contributed by atoms with Crippen LogP contribution in [0.5, 0.6) is 0 Å². The van der Waals surface area contributed by atoms with Crippen LogP contribution in [0.25, 0.3) is 0 Å². The lowest BCUT2D eigenvalue weighted by atomic mass is 10.4. The average molecular weight is 397 g/mol. The molecule has 6 nitrogen and oxygen atoms in total. The molecule has 0 saturated carbocycles. The van der Waals surface area contributed by atoms with Gasteiger partial charge in [0.25, 0.3) is 0 Å². The number of nitrogens with zero attached hydrogens (tertiary/aromatic N) is 2. The van der Waals surface area contributed by atoms with Crippen LogP contribution >= 0.6 is 15.9 Å². The summed E-state index contributed by atoms with van der Waals surface area (Å²) >= 11 is 3.20. The molecule has 0 unspecified atom stereocenters. The third-order valence-corrected chi connectivity index (χ3v) is 7.41. The van der Waals surface area contributed by atoms with Gasteiger partial charge < -0.3 is 4.90 Å². The van der Waals surface area contributed by atoms with E-state index in [1.54, 1.807) is 0 Å². The van der Waals surface area contributed by atoms with Gasteiger partial charge in [0.15, 0.2) is 9.84 Å². The number of hydrogen-bond acceptors (Lipinski definition) is 5. The van der Waals surface area contributed by atoms with E-state index in [-0.39, 0.29) is 9.79 Å². The number of likely N-dealkylation sites (N-methyl/N-ethyl adjacent to an activating group) is 1. The molecule has 1 heterocycles. The number of hydrogen-bond donors (Lipinski definition) is 0. The Hall–Kier alpha value is -0.480. The standard InChI is InChI=1S/C12H17BrN2O4S2/c1-14-5-7-15(8-6-14)21(18,19)12-9-10(20(2,16)17)3-4-11(12)13/h3-4,9H,5-8H2,1-2H3. The molecule has 1 aliphatic rings. The van der Waals surface area contributed by atoms with Crippen molar-refractivity contribution in [1.29, 1.82) is 0 Å². The second-order valence-corrected chi connectivity index (χ2v) is 9.85. The van der Waals surface area contributed by atoms with Gasteiger partial charge in [-0.3, -0.25) is 0 Å². The minimum Gasteiger partial charge on any atom is -0.304 e. The van der Waals surface area contributed by atoms with E-state index in [9.17, 15) is 16.8 Å². The summed E-state index contributed by atoms with van der Waals surface area (Å²) in [6.45, 7) is 2.11. The lowest BCUT2D eigenvalue weighted by Crippen LogP contribution is -2.47. The second kappa shape index (κ2) is 5.96. The van der Waals surface area contributed by atoms with Gasteiger partial charge in [0.1, 0.15) is 0 Å². The highest BCUT2D eigenvalue weighted by Gasteiger charge is 2.30. The molecule has 2 rings (SSSR count). The Kier molecular flexibility index (Phi) is 4.79. The van der Waals surface area contributed by atoms with Crippen molar-refractivity contribution in [3.05, 3.63) is 22.7 Å². The summed E-state index contributed by atoms with van der Waals surface area (Å²) < 4.78 is 50.3. The van der Waals surface area contributed by atoms with Crippen LogP contribution < -0.4 is 0 Å². The predicted molar refractivity (Wildman–Crippen MR) is 83.5 cm³/mol. The Morgan fingerprint density at radius 1 is 1.05 bits per heavy atom. The zero-order chi connectivity index (χ0) is 15.8. The predicted octanol–water partition coefficient (Wildman–Crippen LogP) is 0.789. The van der Waals surface area contributed by atoms with Crippen LogP contribution in [0.3, 0.4) is 0 Å². The maximum Gasteiger partial charge on any atom is 0.244 e. The third kappa shape index (κ3) is 3.65. The largest absolute Gasteiger partial charge is 0.304 e. The van der Waals surface area contributed by atoms with Crippen LogP contribution in [0.4, 0.5) is 0 Å². The Morgan fingerprint density at radius 3 is 2.14 bits per heavy atom. The monoisotopic (exact) mass is 396 g/mol. The molecule has 0 aromatic heterocycles. The fraction of sp³-hybridized carbons (Fsp3) is 0.500. The lowest BCUT2D eigenvalue weighted by molar-refractivity contribution is 0.222. The number of sulfonamides is 1. The fourth-order valence-electron chi connectivity index (χ4n) is 2.08. The van der Waals surface area contributed by atoms with Crippen molar-refractivity contribution in [2.24, 2.45) is 0 Å². The molecule has 0 aliphatic carbocycles. The van der Waals surface area contributed by atoms with Crippen LogP contribution in [0.15, 0.2) is 32.5 Å². The number of sulfone groups is 1. The molecular formula is C12H17BrN2O4S2. The Bertz CT molecular complexity index is 739. The van der Waals surface area contributed by atoms with Crippen molar-refractivity contribution < 1.29 is 16.8 Å². The van der Waals surface area contributed by atoms with Crippen molar-refractivity contribution in [3.63, 3.8) is 0 Å². The smallest absolute Gasteiger partial charge is 0.244 e. The third-order valence-electron chi connectivity index (χ3n) is 3.41. The van der Waals surface area contributed by atoms with E-state index < -0.39 is 19.9 Å². The molecule has 9 heteroatoms. The minimum atomic E-state index is -3.70. The van der Waals surface area contributed by atoms with Crippen LogP contribution in [0.1, 0.15) is 0 Å². The molecule has 1 saturated heterocycles. The topological polar surface area (TPSA) is 74.8 Å². The molecule has 0 N–H and O–H groups in total. The van der Waals surface area contributed by atoms with Gasteiger partial charge in [-0.05, 0) is 41.2 Å². The van der Waals surface area contributed by atoms with Gasteiger partial charge in [0.2, 0.25) is 10.0 Å². The van der Waals surface area contributed by atoms with Gasteiger partial charge in [-0.15, -0.1) is 0 Å². The molecule has 118 valence electrons. The second-order valence-electron chi connectivity index (χ2n) is 5.07. The Morgan fingerprint density at radius 2 is 1.62 bits per heavy atom. The molecule has 0 amide bonds. The van der Waals surface area contributed by atoms with Crippen molar-refractivity contribution >= 4 is 35.8 Å². The highest BCUT2D eigenvalue weighted by molar-refractivity contribution is 9.10. The maximum absolute atomic E-state index is 12.7. The molecule has 21 heavy (non-hydrogen) atoms. The van der Waals surface area contributed by atoms with Crippen LogP contribution in [0, 0.1) is 0 Å². The molecule has 1 aliphatic heterocycles. The molecule has 0 bridgehead atoms. The van der Waals surface area contributed by atoms with Crippen molar-refractivity contribution in [3.8, 4) is 0 Å². The molecule has 1 aromatic rings. The molecular weight excluding hydrogens is 380 g/mol. The van der Waals surface area contributed by atoms with Gasteiger partial charge >= 0.3 is 0 Å². The van der Waals surface area contributed by atoms with Gasteiger partial charge in [-0.2, -0.15) is 4.31 Å². The van der Waals surface area contributed by atoms with Crippen molar-refractivity contribution in [2.75, 3.05) is 39.5 Å². The Labute approximate surface area is 133 Å². The average Bonchev–Trinajstić information content (AvgIpc) is 2.38. The van der Waals surface area contributed by atoms with Crippen molar-refractivity contribution in [1.82, 2.24) is 9.21 Å². The number of benzene rings is 1. The number of halogens is 1. The summed E-state index contributed by atoms with van der Waals surface area (Å²) in [7, 11) is -5.22. The molecule has 1 fully saturated rings. The van der Waals surface area contributed by atoms with Gasteiger partial charge in [0, 0.05) is 36.9 Å². The Balaban J connectivity index is 2.45. The molecule has 0 spiro atoms. The van der Waals surface area contributed by atoms with Crippen LogP contribution in [-0.4, -0.2) is 65.5 Å². The summed E-state index contributed by atoms with van der Waals surface area (Å²) in [6, 6.07) is 4.06. The first-order chi connectivity index (χ1) is 9.62. The summed E-state index contributed by atoms with van der Waals surface area (Å²) in [5, 5.41) is 0. The van der Waals surface area contributed by atoms with Crippen LogP contribution in [0.2, 0.25) is 0 Å². The van der Waals surface area contributed by atoms with E-state index in [2.05, 4.69) is 15.9 Å². The quantitative estimate of drug-likeness (QED) is 0.754. The first-order valence-electron chi connectivity index (χ1n) is 6.30. The van der Waals surface area contributed by atoms with E-state index in [0.717, 1.165) is 6.26 Å².